The molecular weight excluding hydrogens is 378 g/mol. The number of carbonyl (C=O) groups excluding carboxylic acids is 1. The van der Waals surface area contributed by atoms with Gasteiger partial charge < -0.3 is 4.74 Å². The fraction of sp³-hybridized carbons (Fsp3) is 0.0588. The Bertz CT molecular complexity index is 943. The first kappa shape index (κ1) is 17.8. The number of aromatic nitrogens is 1. The van der Waals surface area contributed by atoms with Crippen LogP contribution in [0.5, 0.6) is 5.75 Å². The normalized spacial score (nSPS) is 10.3. The number of hydrogen-bond acceptors (Lipinski definition) is 6. The Morgan fingerprint density at radius 2 is 2.04 bits per heavy atom. The fourth-order valence-electron chi connectivity index (χ4n) is 2.08. The number of nitro benzene ring substituents is 1. The van der Waals surface area contributed by atoms with E-state index in [0.717, 1.165) is 0 Å². The van der Waals surface area contributed by atoms with Crippen LogP contribution in [0.2, 0.25) is 5.02 Å². The molecule has 9 heteroatoms. The summed E-state index contributed by atoms with van der Waals surface area (Å²) in [7, 11) is 0. The van der Waals surface area contributed by atoms with E-state index >= 15 is 0 Å². The lowest BCUT2D eigenvalue weighted by Gasteiger charge is -2.05. The van der Waals surface area contributed by atoms with Gasteiger partial charge in [0.15, 0.2) is 11.7 Å². The first-order valence-corrected chi connectivity index (χ1v) is 8.65. The van der Waals surface area contributed by atoms with Crippen molar-refractivity contribution < 1.29 is 14.5 Å². The van der Waals surface area contributed by atoms with Crippen molar-refractivity contribution in [1.29, 1.82) is 0 Å². The molecule has 3 aromatic rings. The van der Waals surface area contributed by atoms with Gasteiger partial charge in [-0.1, -0.05) is 23.7 Å². The molecule has 0 aliphatic heterocycles. The minimum atomic E-state index is -0.466. The van der Waals surface area contributed by atoms with Crippen molar-refractivity contribution in [2.45, 2.75) is 0 Å². The maximum atomic E-state index is 12.0. The molecule has 0 saturated carbocycles. The van der Waals surface area contributed by atoms with Gasteiger partial charge in [-0.3, -0.25) is 20.2 Å². The van der Waals surface area contributed by atoms with Gasteiger partial charge in [-0.15, -0.1) is 11.3 Å². The molecule has 1 aromatic heterocycles. The highest BCUT2D eigenvalue weighted by Gasteiger charge is 2.12. The van der Waals surface area contributed by atoms with E-state index in [0.29, 0.717) is 27.2 Å². The number of rotatable bonds is 6. The Kier molecular flexibility index (Phi) is 5.45. The number of anilines is 1. The van der Waals surface area contributed by atoms with Gasteiger partial charge in [0.1, 0.15) is 5.75 Å². The lowest BCUT2D eigenvalue weighted by Crippen LogP contribution is -2.20. The smallest absolute Gasteiger partial charge is 0.270 e. The number of halogens is 1. The number of thiazole rings is 1. The van der Waals surface area contributed by atoms with E-state index in [9.17, 15) is 14.9 Å². The molecule has 2 aromatic carbocycles. The van der Waals surface area contributed by atoms with E-state index in [1.54, 1.807) is 41.8 Å². The number of ether oxygens (including phenoxy) is 1. The number of benzene rings is 2. The minimum Gasteiger partial charge on any atom is -0.484 e. The van der Waals surface area contributed by atoms with Gasteiger partial charge >= 0.3 is 0 Å². The van der Waals surface area contributed by atoms with E-state index in [1.165, 1.54) is 23.5 Å². The van der Waals surface area contributed by atoms with Crippen molar-refractivity contribution in [2.75, 3.05) is 11.9 Å². The molecular formula is C17H12ClN3O4S. The van der Waals surface area contributed by atoms with Crippen LogP contribution in [-0.4, -0.2) is 22.4 Å². The predicted molar refractivity (Wildman–Crippen MR) is 99.8 cm³/mol. The molecule has 1 heterocycles. The van der Waals surface area contributed by atoms with Crippen LogP contribution < -0.4 is 10.1 Å². The number of carbonyl (C=O) groups is 1. The zero-order chi connectivity index (χ0) is 18.5. The van der Waals surface area contributed by atoms with Gasteiger partial charge in [0.25, 0.3) is 11.6 Å². The molecule has 0 saturated heterocycles. The molecule has 3 rings (SSSR count). The van der Waals surface area contributed by atoms with Crippen LogP contribution in [0.4, 0.5) is 10.8 Å². The van der Waals surface area contributed by atoms with E-state index < -0.39 is 4.92 Å². The predicted octanol–water partition coefficient (Wildman–Crippen LogP) is 4.39. The number of hydrogen-bond donors (Lipinski definition) is 1. The summed E-state index contributed by atoms with van der Waals surface area (Å²) in [6.07, 6.45) is 0. The van der Waals surface area contributed by atoms with Crippen LogP contribution in [0.1, 0.15) is 0 Å². The summed E-state index contributed by atoms with van der Waals surface area (Å²) < 4.78 is 5.36. The highest BCUT2D eigenvalue weighted by atomic mass is 35.5. The molecule has 1 amide bonds. The van der Waals surface area contributed by atoms with Gasteiger partial charge in [0.05, 0.1) is 10.6 Å². The van der Waals surface area contributed by atoms with Crippen LogP contribution in [0.15, 0.2) is 53.9 Å². The van der Waals surface area contributed by atoms with Crippen molar-refractivity contribution in [2.24, 2.45) is 0 Å². The third kappa shape index (κ3) is 4.56. The van der Waals surface area contributed by atoms with Crippen LogP contribution in [-0.2, 0) is 4.79 Å². The Hall–Kier alpha value is -2.97. The van der Waals surface area contributed by atoms with Gasteiger partial charge in [0, 0.05) is 28.1 Å². The first-order chi connectivity index (χ1) is 12.5. The molecule has 0 fully saturated rings. The fourth-order valence-corrected chi connectivity index (χ4v) is 2.94. The van der Waals surface area contributed by atoms with Gasteiger partial charge in [0.2, 0.25) is 0 Å². The maximum Gasteiger partial charge on any atom is 0.270 e. The maximum absolute atomic E-state index is 12.0. The van der Waals surface area contributed by atoms with E-state index in [-0.39, 0.29) is 18.2 Å². The standard InChI is InChI=1S/C17H12ClN3O4S/c18-12-4-6-14(7-5-12)25-9-16(22)20-17-19-15(10-26-17)11-2-1-3-13(8-11)21(23)24/h1-8,10H,9H2,(H,19,20,22). The number of non-ortho nitro benzene ring substituents is 1. The second-order valence-corrected chi connectivity index (χ2v) is 6.43. The SMILES string of the molecule is O=C(COc1ccc(Cl)cc1)Nc1nc(-c2cccc([N+](=O)[O-])c2)cs1. The second kappa shape index (κ2) is 7.94. The van der Waals surface area contributed by atoms with Gasteiger partial charge in [-0.25, -0.2) is 4.98 Å². The van der Waals surface area contributed by atoms with Crippen molar-refractivity contribution in [3.8, 4) is 17.0 Å². The molecule has 0 unspecified atom stereocenters. The quantitative estimate of drug-likeness (QED) is 0.498. The lowest BCUT2D eigenvalue weighted by molar-refractivity contribution is -0.384. The number of amides is 1. The molecule has 1 N–H and O–H groups in total. The van der Waals surface area contributed by atoms with Crippen LogP contribution >= 0.6 is 22.9 Å². The summed E-state index contributed by atoms with van der Waals surface area (Å²) in [6, 6.07) is 12.8. The Balaban J connectivity index is 1.61. The van der Waals surface area contributed by atoms with Crippen LogP contribution in [0.25, 0.3) is 11.3 Å². The Morgan fingerprint density at radius 1 is 1.27 bits per heavy atom. The van der Waals surface area contributed by atoms with Crippen molar-refractivity contribution in [3.63, 3.8) is 0 Å². The van der Waals surface area contributed by atoms with E-state index in [2.05, 4.69) is 10.3 Å². The Labute approximate surface area is 157 Å². The van der Waals surface area contributed by atoms with Gasteiger partial charge in [-0.05, 0) is 24.3 Å². The monoisotopic (exact) mass is 389 g/mol. The topological polar surface area (TPSA) is 94.4 Å². The third-order valence-corrected chi connectivity index (χ3v) is 4.30. The first-order valence-electron chi connectivity index (χ1n) is 7.40. The molecule has 0 atom stereocenters. The summed E-state index contributed by atoms with van der Waals surface area (Å²) in [5, 5.41) is 16.2. The zero-order valence-corrected chi connectivity index (χ0v) is 14.8. The largest absolute Gasteiger partial charge is 0.484 e. The highest BCUT2D eigenvalue weighted by molar-refractivity contribution is 7.14. The number of nitrogens with zero attached hydrogens (tertiary/aromatic N) is 2. The van der Waals surface area contributed by atoms with Crippen LogP contribution in [0, 0.1) is 10.1 Å². The molecule has 7 nitrogen and oxygen atoms in total. The van der Waals surface area contributed by atoms with E-state index in [4.69, 9.17) is 16.3 Å². The summed E-state index contributed by atoms with van der Waals surface area (Å²) in [5.74, 6) is 0.167. The number of nitrogens with one attached hydrogen (secondary N) is 1. The summed E-state index contributed by atoms with van der Waals surface area (Å²) in [5.41, 5.74) is 1.14. The molecule has 0 spiro atoms. The molecule has 0 bridgehead atoms. The summed E-state index contributed by atoms with van der Waals surface area (Å²) in [6.45, 7) is -0.173. The molecule has 0 radical (unpaired) electrons. The molecule has 0 aliphatic rings. The van der Waals surface area contributed by atoms with Crippen molar-refractivity contribution in [3.05, 3.63) is 69.0 Å². The molecule has 0 aliphatic carbocycles. The average Bonchev–Trinajstić information content (AvgIpc) is 3.10. The Morgan fingerprint density at radius 3 is 2.77 bits per heavy atom. The summed E-state index contributed by atoms with van der Waals surface area (Å²) >= 11 is 7.01. The van der Waals surface area contributed by atoms with Crippen molar-refractivity contribution in [1.82, 2.24) is 4.98 Å². The zero-order valence-electron chi connectivity index (χ0n) is 13.2. The third-order valence-electron chi connectivity index (χ3n) is 3.29. The van der Waals surface area contributed by atoms with Crippen molar-refractivity contribution >= 4 is 39.7 Å². The molecule has 26 heavy (non-hydrogen) atoms. The van der Waals surface area contributed by atoms with Gasteiger partial charge in [-0.2, -0.15) is 0 Å². The van der Waals surface area contributed by atoms with Crippen LogP contribution in [0.3, 0.4) is 0 Å². The minimum absolute atomic E-state index is 0.0162. The molecule has 132 valence electrons. The second-order valence-electron chi connectivity index (χ2n) is 5.14. The lowest BCUT2D eigenvalue weighted by atomic mass is 10.1. The average molecular weight is 390 g/mol. The highest BCUT2D eigenvalue weighted by Crippen LogP contribution is 2.27. The van der Waals surface area contributed by atoms with E-state index in [1.807, 2.05) is 0 Å². The number of nitro groups is 1. The summed E-state index contributed by atoms with van der Waals surface area (Å²) in [4.78, 5) is 26.6.